The van der Waals surface area contributed by atoms with Crippen LogP contribution in [0, 0.1) is 5.92 Å². The molecule has 130 valence electrons. The second kappa shape index (κ2) is 19.1. The van der Waals surface area contributed by atoms with Gasteiger partial charge in [0.1, 0.15) is 0 Å². The quantitative estimate of drug-likeness (QED) is 0.245. The smallest absolute Gasteiger partial charge is 0.303 e. The molecule has 1 unspecified atom stereocenters. The van der Waals surface area contributed by atoms with Gasteiger partial charge in [0, 0.05) is 0 Å². The van der Waals surface area contributed by atoms with E-state index in [-0.39, 0.29) is 0 Å². The van der Waals surface area contributed by atoms with Crippen LogP contribution in [0.15, 0.2) is 0 Å². The summed E-state index contributed by atoms with van der Waals surface area (Å²) in [6.45, 7) is 4.61. The zero-order chi connectivity index (χ0) is 17.3. The van der Waals surface area contributed by atoms with Crippen molar-refractivity contribution in [2.24, 2.45) is 5.92 Å². The Balaban J connectivity index is 0. The molecule has 6 heteroatoms. The van der Waals surface area contributed by atoms with E-state index in [1.54, 1.807) is 6.94 Å². The molecule has 1 atom stereocenters. The summed E-state index contributed by atoms with van der Waals surface area (Å²) in [7, 11) is -4.64. The summed E-state index contributed by atoms with van der Waals surface area (Å²) in [6, 6.07) is 0. The van der Waals surface area contributed by atoms with E-state index >= 15 is 0 Å². The molecule has 22 heavy (non-hydrogen) atoms. The second-order valence-electron chi connectivity index (χ2n) is 6.19. The number of hydrogen-bond donors (Lipinski definition) is 3. The normalized spacial score (nSPS) is 12.7. The number of rotatable bonds is 13. The first-order valence-electron chi connectivity index (χ1n) is 9.13. The molecule has 0 bridgehead atoms. The van der Waals surface area contributed by atoms with Gasteiger partial charge in [-0.05, 0) is 0 Å². The molecule has 0 amide bonds. The Hall–Kier alpha value is 1.75. The van der Waals surface area contributed by atoms with Gasteiger partial charge in [0.2, 0.25) is 0 Å². The molecule has 0 rings (SSSR count). The molecule has 0 saturated heterocycles. The minimum atomic E-state index is -4.64. The second-order valence-corrected chi connectivity index (χ2v) is 8.49. The van der Waals surface area contributed by atoms with Gasteiger partial charge in [0.25, 0.3) is 0 Å². The molecule has 4 nitrogen and oxygen atoms in total. The Kier molecular flexibility index (Phi) is 22.5. The van der Waals surface area contributed by atoms with Crippen molar-refractivity contribution < 1.29 is 19.2 Å². The van der Waals surface area contributed by atoms with Crippen LogP contribution < -0.4 is 0 Å². The van der Waals surface area contributed by atoms with Gasteiger partial charge in [-0.25, -0.2) is 4.57 Å². The minimum absolute atomic E-state index is 1.07. The molecule has 0 heterocycles. The first-order chi connectivity index (χ1) is 10.3. The molecule has 0 aromatic carbocycles. The first kappa shape index (κ1) is 26.0. The zero-order valence-corrected chi connectivity index (χ0v) is 19.0. The van der Waals surface area contributed by atoms with Gasteiger partial charge in [-0.1, -0.05) is 0 Å². The molecule has 0 aliphatic heterocycles. The minimum Gasteiger partial charge on any atom is -0.303 e. The zero-order valence-electron chi connectivity index (χ0n) is 15.0. The van der Waals surface area contributed by atoms with Crippen molar-refractivity contribution in [3.05, 3.63) is 0 Å². The van der Waals surface area contributed by atoms with Crippen LogP contribution >= 0.6 is 7.82 Å². The molecule has 0 saturated carbocycles. The Morgan fingerprint density at radius 3 is 1.45 bits per heavy atom. The van der Waals surface area contributed by atoms with E-state index in [2.05, 4.69) is 13.8 Å². The first-order valence-corrected chi connectivity index (χ1v) is 12.9. The maximum Gasteiger partial charge on any atom is 0.466 e. The summed E-state index contributed by atoms with van der Waals surface area (Å²) in [6.07, 6.45) is 17.7. The summed E-state index contributed by atoms with van der Waals surface area (Å²) in [5.41, 5.74) is 0. The fourth-order valence-electron chi connectivity index (χ4n) is 2.63. The third kappa shape index (κ3) is 29.7. The monoisotopic (exact) mass is 362 g/mol. The van der Waals surface area contributed by atoms with E-state index in [4.69, 9.17) is 19.2 Å². The summed E-state index contributed by atoms with van der Waals surface area (Å²) >= 11 is 1.07. The van der Waals surface area contributed by atoms with Gasteiger partial charge in [-0.3, -0.25) is 0 Å². The van der Waals surface area contributed by atoms with Crippen LogP contribution in [0.3, 0.4) is 0 Å². The fourth-order valence-corrected chi connectivity index (χ4v) is 3.90. The topological polar surface area (TPSA) is 77.8 Å². The molecule has 0 fully saturated rings. The van der Waals surface area contributed by atoms with Crippen molar-refractivity contribution in [1.29, 1.82) is 0 Å². The third-order valence-electron chi connectivity index (χ3n) is 4.01. The Bertz CT molecular complexity index is 250. The summed E-state index contributed by atoms with van der Waals surface area (Å²) < 4.78 is 10.5. The molecular weight excluding hydrogens is 326 g/mol. The van der Waals surface area contributed by atoms with Crippen molar-refractivity contribution >= 4 is 56.8 Å². The standard InChI is InChI=1S/C16H33.K.H3O4P/c1-4-6-8-10-11-13-15-16(3)14-12-9-7-5-2;;1-5(2,3)4/h16H,3-15H2,1-2H3;;(H3,1,2,3,4). The third-order valence-corrected chi connectivity index (χ3v) is 5.81. The van der Waals surface area contributed by atoms with Crippen LogP contribution in [0.4, 0.5) is 0 Å². The van der Waals surface area contributed by atoms with Crippen molar-refractivity contribution in [3.63, 3.8) is 0 Å². The van der Waals surface area contributed by atoms with Crippen LogP contribution in [-0.2, 0) is 4.57 Å². The molecule has 3 N–H and O–H groups in total. The Morgan fingerprint density at radius 1 is 0.773 bits per heavy atom. The Labute approximate surface area is 171 Å². The van der Waals surface area contributed by atoms with E-state index in [1.807, 2.05) is 0 Å². The van der Waals surface area contributed by atoms with E-state index in [1.165, 1.54) is 70.6 Å². The van der Waals surface area contributed by atoms with Crippen LogP contribution in [0.1, 0.15) is 90.9 Å². The summed E-state index contributed by atoms with van der Waals surface area (Å²) in [5, 5.41) is 0. The van der Waals surface area contributed by atoms with Crippen molar-refractivity contribution in [1.82, 2.24) is 0 Å². The van der Waals surface area contributed by atoms with Crippen molar-refractivity contribution in [3.8, 4) is 0 Å². The summed E-state index contributed by atoms with van der Waals surface area (Å²) in [5.74, 6) is 1.11. The molecular formula is C16H36KO4P. The van der Waals surface area contributed by atoms with Gasteiger partial charge in [-0.15, -0.1) is 0 Å². The van der Waals surface area contributed by atoms with Gasteiger partial charge in [0.05, 0.1) is 0 Å². The fraction of sp³-hybridized carbons (Fsp3) is 1.00. The van der Waals surface area contributed by atoms with Gasteiger partial charge < -0.3 is 14.7 Å². The van der Waals surface area contributed by atoms with Gasteiger partial charge >= 0.3 is 154 Å². The van der Waals surface area contributed by atoms with Crippen molar-refractivity contribution in [2.45, 2.75) is 91.4 Å². The van der Waals surface area contributed by atoms with Gasteiger partial charge in [0.15, 0.2) is 0 Å². The van der Waals surface area contributed by atoms with Crippen molar-refractivity contribution in [2.75, 3.05) is 0 Å². The molecule has 0 aliphatic carbocycles. The summed E-state index contributed by atoms with van der Waals surface area (Å²) in [4.78, 5) is 21.6. The van der Waals surface area contributed by atoms with E-state index < -0.39 is 7.82 Å². The maximum absolute atomic E-state index is 8.88. The van der Waals surface area contributed by atoms with Crippen LogP contribution in [-0.4, -0.2) is 63.6 Å². The van der Waals surface area contributed by atoms with E-state index in [9.17, 15) is 0 Å². The maximum atomic E-state index is 8.88. The Morgan fingerprint density at radius 2 is 1.09 bits per heavy atom. The SMILES string of the molecule is CCCCCCCCC([CH2][K])CCCCCC.O=P(O)(O)O. The molecule has 0 spiro atoms. The van der Waals surface area contributed by atoms with Crippen LogP contribution in [0.2, 0.25) is 0.515 Å². The largest absolute Gasteiger partial charge is 0.466 e. The average molecular weight is 363 g/mol. The average Bonchev–Trinajstić information content (AvgIpc) is 2.43. The molecule has 0 aromatic rings. The number of phosphoric acid groups is 1. The van der Waals surface area contributed by atoms with Crippen LogP contribution in [0.5, 0.6) is 0 Å². The van der Waals surface area contributed by atoms with Gasteiger partial charge in [-0.2, -0.15) is 0 Å². The number of hydrogen-bond acceptors (Lipinski definition) is 1. The molecule has 0 aliphatic rings. The molecule has 0 aromatic heterocycles. The number of unbranched alkanes of at least 4 members (excludes halogenated alkanes) is 8. The predicted molar refractivity (Wildman–Crippen MR) is 95.1 cm³/mol. The van der Waals surface area contributed by atoms with E-state index in [0.717, 1.165) is 54.9 Å². The van der Waals surface area contributed by atoms with Crippen LogP contribution in [0.25, 0.3) is 0 Å². The van der Waals surface area contributed by atoms with E-state index in [0.29, 0.717) is 0 Å². The molecule has 0 radical (unpaired) electrons. The predicted octanol–water partition coefficient (Wildman–Crippen LogP) is 4.98.